The molecule has 0 aliphatic rings. The van der Waals surface area contributed by atoms with Crippen molar-refractivity contribution in [2.75, 3.05) is 6.54 Å². The zero-order valence-corrected chi connectivity index (χ0v) is 15.1. The van der Waals surface area contributed by atoms with Crippen LogP contribution in [0.4, 0.5) is 0 Å². The summed E-state index contributed by atoms with van der Waals surface area (Å²) in [6, 6.07) is 15.6. The zero-order valence-electron chi connectivity index (χ0n) is 15.1. The van der Waals surface area contributed by atoms with E-state index in [0.29, 0.717) is 19.4 Å². The minimum absolute atomic E-state index is 0.0325. The van der Waals surface area contributed by atoms with Crippen LogP contribution in [0.1, 0.15) is 29.2 Å². The van der Waals surface area contributed by atoms with E-state index in [4.69, 9.17) is 0 Å². The van der Waals surface area contributed by atoms with Gasteiger partial charge in [-0.3, -0.25) is 9.59 Å². The molecule has 0 saturated carbocycles. The van der Waals surface area contributed by atoms with E-state index < -0.39 is 0 Å². The van der Waals surface area contributed by atoms with Crippen LogP contribution in [-0.2, 0) is 22.4 Å². The number of nitrogens with one attached hydrogen (secondary N) is 2. The maximum absolute atomic E-state index is 12.1. The molecule has 2 aromatic rings. The number of rotatable bonds is 7. The molecule has 1 unspecified atom stereocenters. The van der Waals surface area contributed by atoms with Gasteiger partial charge in [0.25, 0.3) is 0 Å². The summed E-state index contributed by atoms with van der Waals surface area (Å²) in [5, 5.41) is 5.82. The van der Waals surface area contributed by atoms with Crippen molar-refractivity contribution < 1.29 is 9.59 Å². The Hall–Kier alpha value is -2.62. The predicted molar refractivity (Wildman–Crippen MR) is 100 cm³/mol. The minimum atomic E-state index is -0.114. The lowest BCUT2D eigenvalue weighted by molar-refractivity contribution is -0.122. The van der Waals surface area contributed by atoms with Crippen molar-refractivity contribution in [3.05, 3.63) is 70.8 Å². The van der Waals surface area contributed by atoms with Crippen LogP contribution in [0.2, 0.25) is 0 Å². The molecule has 2 rings (SSSR count). The van der Waals surface area contributed by atoms with E-state index in [9.17, 15) is 9.59 Å². The second kappa shape index (κ2) is 9.02. The van der Waals surface area contributed by atoms with Crippen LogP contribution in [0.3, 0.4) is 0 Å². The molecule has 4 heteroatoms. The van der Waals surface area contributed by atoms with E-state index in [-0.39, 0.29) is 17.9 Å². The van der Waals surface area contributed by atoms with E-state index in [1.54, 1.807) is 0 Å². The summed E-state index contributed by atoms with van der Waals surface area (Å²) in [5.41, 5.74) is 4.26. The summed E-state index contributed by atoms with van der Waals surface area (Å²) in [5.74, 6) is -0.0655. The number of hydrogen-bond acceptors (Lipinski definition) is 2. The Labute approximate surface area is 149 Å². The molecule has 4 nitrogen and oxygen atoms in total. The summed E-state index contributed by atoms with van der Waals surface area (Å²) in [4.78, 5) is 24.2. The van der Waals surface area contributed by atoms with Gasteiger partial charge in [-0.25, -0.2) is 0 Å². The van der Waals surface area contributed by atoms with Gasteiger partial charge < -0.3 is 10.6 Å². The number of aryl methyl sites for hydroxylation is 2. The van der Waals surface area contributed by atoms with Gasteiger partial charge in [-0.1, -0.05) is 48.5 Å². The van der Waals surface area contributed by atoms with Gasteiger partial charge in [0.2, 0.25) is 11.8 Å². The molecular weight excluding hydrogens is 312 g/mol. The van der Waals surface area contributed by atoms with Gasteiger partial charge in [-0.05, 0) is 43.0 Å². The second-order valence-corrected chi connectivity index (χ2v) is 6.48. The van der Waals surface area contributed by atoms with Crippen molar-refractivity contribution in [2.24, 2.45) is 0 Å². The first-order chi connectivity index (χ1) is 12.0. The maximum atomic E-state index is 12.1. The van der Waals surface area contributed by atoms with Crippen molar-refractivity contribution in [1.82, 2.24) is 10.6 Å². The largest absolute Gasteiger partial charge is 0.354 e. The molecule has 0 bridgehead atoms. The quantitative estimate of drug-likeness (QED) is 0.815. The lowest BCUT2D eigenvalue weighted by atomic mass is 10.1. The smallest absolute Gasteiger partial charge is 0.224 e. The highest BCUT2D eigenvalue weighted by Gasteiger charge is 2.11. The highest BCUT2D eigenvalue weighted by molar-refractivity contribution is 5.80. The minimum Gasteiger partial charge on any atom is -0.354 e. The Kier molecular flexibility index (Phi) is 6.75. The molecule has 2 aromatic carbocycles. The van der Waals surface area contributed by atoms with E-state index in [0.717, 1.165) is 22.3 Å². The fourth-order valence-corrected chi connectivity index (χ4v) is 2.67. The molecule has 25 heavy (non-hydrogen) atoms. The first-order valence-electron chi connectivity index (χ1n) is 8.60. The summed E-state index contributed by atoms with van der Waals surface area (Å²) < 4.78 is 0. The van der Waals surface area contributed by atoms with Gasteiger partial charge in [-0.15, -0.1) is 0 Å². The Morgan fingerprint density at radius 3 is 1.84 bits per heavy atom. The summed E-state index contributed by atoms with van der Waals surface area (Å²) in [6.45, 7) is 6.31. The SMILES string of the molecule is Cc1ccccc1CC(=O)NCC(C)NC(=O)Cc1ccccc1C. The lowest BCUT2D eigenvalue weighted by Gasteiger charge is -2.15. The number of hydrogen-bond donors (Lipinski definition) is 2. The standard InChI is InChI=1S/C21H26N2O2/c1-15-8-4-6-10-18(15)12-20(24)22-14-17(3)23-21(25)13-19-11-7-5-9-16(19)2/h4-11,17H,12-14H2,1-3H3,(H,22,24)(H,23,25). The van der Waals surface area contributed by atoms with Crippen molar-refractivity contribution in [3.63, 3.8) is 0 Å². The molecular formula is C21H26N2O2. The molecule has 0 aliphatic carbocycles. The van der Waals surface area contributed by atoms with E-state index in [1.807, 2.05) is 69.3 Å². The van der Waals surface area contributed by atoms with Crippen molar-refractivity contribution in [2.45, 2.75) is 39.7 Å². The van der Waals surface area contributed by atoms with Gasteiger partial charge in [0, 0.05) is 12.6 Å². The van der Waals surface area contributed by atoms with Crippen LogP contribution in [0.25, 0.3) is 0 Å². The van der Waals surface area contributed by atoms with E-state index >= 15 is 0 Å². The summed E-state index contributed by atoms with van der Waals surface area (Å²) >= 11 is 0. The van der Waals surface area contributed by atoms with Crippen LogP contribution in [0.5, 0.6) is 0 Å². The topological polar surface area (TPSA) is 58.2 Å². The Morgan fingerprint density at radius 1 is 0.840 bits per heavy atom. The Bertz CT molecular complexity index is 740. The molecule has 0 saturated heterocycles. The molecule has 132 valence electrons. The van der Waals surface area contributed by atoms with Crippen LogP contribution in [-0.4, -0.2) is 24.4 Å². The molecule has 1 atom stereocenters. The van der Waals surface area contributed by atoms with Gasteiger partial charge in [0.15, 0.2) is 0 Å². The summed E-state index contributed by atoms with van der Waals surface area (Å²) in [6.07, 6.45) is 0.713. The van der Waals surface area contributed by atoms with Crippen LogP contribution < -0.4 is 10.6 Å². The molecule has 0 radical (unpaired) electrons. The number of carbonyl (C=O) groups excluding carboxylic acids is 2. The number of carbonyl (C=O) groups is 2. The monoisotopic (exact) mass is 338 g/mol. The van der Waals surface area contributed by atoms with Gasteiger partial charge in [-0.2, -0.15) is 0 Å². The molecule has 0 spiro atoms. The average molecular weight is 338 g/mol. The fourth-order valence-electron chi connectivity index (χ4n) is 2.67. The second-order valence-electron chi connectivity index (χ2n) is 6.48. The third kappa shape index (κ3) is 6.07. The normalized spacial score (nSPS) is 11.6. The van der Waals surface area contributed by atoms with Gasteiger partial charge in [0.1, 0.15) is 0 Å². The highest BCUT2D eigenvalue weighted by atomic mass is 16.2. The number of benzene rings is 2. The van der Waals surface area contributed by atoms with E-state index in [2.05, 4.69) is 10.6 Å². The molecule has 0 fully saturated rings. The van der Waals surface area contributed by atoms with Crippen LogP contribution in [0, 0.1) is 13.8 Å². The van der Waals surface area contributed by atoms with Crippen molar-refractivity contribution in [3.8, 4) is 0 Å². The molecule has 2 amide bonds. The fraction of sp³-hybridized carbons (Fsp3) is 0.333. The predicted octanol–water partition coefficient (Wildman–Crippen LogP) is 2.71. The third-order valence-corrected chi connectivity index (χ3v) is 4.24. The van der Waals surface area contributed by atoms with Crippen molar-refractivity contribution in [1.29, 1.82) is 0 Å². The average Bonchev–Trinajstić information content (AvgIpc) is 2.57. The van der Waals surface area contributed by atoms with Gasteiger partial charge >= 0.3 is 0 Å². The first-order valence-corrected chi connectivity index (χ1v) is 8.60. The van der Waals surface area contributed by atoms with E-state index in [1.165, 1.54) is 0 Å². The third-order valence-electron chi connectivity index (χ3n) is 4.24. The van der Waals surface area contributed by atoms with Crippen LogP contribution in [0.15, 0.2) is 48.5 Å². The van der Waals surface area contributed by atoms with Crippen molar-refractivity contribution >= 4 is 11.8 Å². The number of amides is 2. The molecule has 0 aromatic heterocycles. The Balaban J connectivity index is 1.75. The first kappa shape index (κ1) is 18.7. The molecule has 2 N–H and O–H groups in total. The van der Waals surface area contributed by atoms with Crippen LogP contribution >= 0.6 is 0 Å². The molecule has 0 aliphatic heterocycles. The lowest BCUT2D eigenvalue weighted by Crippen LogP contribution is -2.42. The maximum Gasteiger partial charge on any atom is 0.224 e. The Morgan fingerprint density at radius 2 is 1.32 bits per heavy atom. The summed E-state index contributed by atoms with van der Waals surface area (Å²) in [7, 11) is 0. The van der Waals surface area contributed by atoms with Gasteiger partial charge in [0.05, 0.1) is 12.8 Å². The zero-order chi connectivity index (χ0) is 18.2. The highest BCUT2D eigenvalue weighted by Crippen LogP contribution is 2.08. The molecule has 0 heterocycles.